The number of nitro groups is 1. The highest BCUT2D eigenvalue weighted by atomic mass is 16.6. The minimum absolute atomic E-state index is 0.0353. The van der Waals surface area contributed by atoms with Crippen LogP contribution in [-0.4, -0.2) is 30.4 Å². The molecule has 2 heterocycles. The Bertz CT molecular complexity index is 1240. The van der Waals surface area contributed by atoms with E-state index in [1.54, 1.807) is 6.07 Å². The molecule has 0 bridgehead atoms. The van der Waals surface area contributed by atoms with Crippen LogP contribution in [0.1, 0.15) is 31.0 Å². The lowest BCUT2D eigenvalue weighted by atomic mass is 9.83. The van der Waals surface area contributed by atoms with Crippen molar-refractivity contribution in [3.8, 4) is 11.5 Å². The first-order valence-electron chi connectivity index (χ1n) is 11.5. The molecule has 8 nitrogen and oxygen atoms in total. The maximum Gasteiger partial charge on any atom is 0.293 e. The van der Waals surface area contributed by atoms with Gasteiger partial charge in [0.25, 0.3) is 5.69 Å². The number of anilines is 2. The van der Waals surface area contributed by atoms with E-state index in [9.17, 15) is 10.1 Å². The first kappa shape index (κ1) is 21.8. The maximum atomic E-state index is 11.6. The Labute approximate surface area is 198 Å². The maximum absolute atomic E-state index is 11.6. The van der Waals surface area contributed by atoms with Crippen LogP contribution in [-0.2, 0) is 0 Å². The molecule has 0 saturated carbocycles. The van der Waals surface area contributed by atoms with Crippen molar-refractivity contribution in [2.45, 2.75) is 19.9 Å². The molecule has 2 atom stereocenters. The number of benzene rings is 3. The van der Waals surface area contributed by atoms with E-state index < -0.39 is 0 Å². The van der Waals surface area contributed by atoms with Crippen molar-refractivity contribution in [2.24, 2.45) is 11.0 Å². The molecule has 0 fully saturated rings. The van der Waals surface area contributed by atoms with Gasteiger partial charge in [0.05, 0.1) is 35.6 Å². The van der Waals surface area contributed by atoms with Gasteiger partial charge in [0.1, 0.15) is 17.2 Å². The lowest BCUT2D eigenvalue weighted by Gasteiger charge is -2.32. The summed E-state index contributed by atoms with van der Waals surface area (Å²) < 4.78 is 11.8. The zero-order chi connectivity index (χ0) is 23.7. The number of nitro benzene ring substituents is 1. The first-order valence-corrected chi connectivity index (χ1v) is 11.5. The number of para-hydroxylation sites is 2. The monoisotopic (exact) mass is 458 g/mol. The number of nitrogens with zero attached hydrogens (tertiary/aromatic N) is 3. The summed E-state index contributed by atoms with van der Waals surface area (Å²) in [4.78, 5) is 11.3. The lowest BCUT2D eigenvalue weighted by molar-refractivity contribution is -0.384. The summed E-state index contributed by atoms with van der Waals surface area (Å²) >= 11 is 0. The van der Waals surface area contributed by atoms with E-state index in [0.717, 1.165) is 34.0 Å². The van der Waals surface area contributed by atoms with Gasteiger partial charge >= 0.3 is 0 Å². The molecule has 2 unspecified atom stereocenters. The highest BCUT2D eigenvalue weighted by Gasteiger charge is 2.44. The normalized spacial score (nSPS) is 18.4. The molecule has 174 valence electrons. The second-order valence-corrected chi connectivity index (χ2v) is 8.12. The van der Waals surface area contributed by atoms with Crippen molar-refractivity contribution >= 4 is 22.8 Å². The average molecular weight is 459 g/mol. The van der Waals surface area contributed by atoms with Gasteiger partial charge in [-0.25, -0.2) is 0 Å². The third-order valence-corrected chi connectivity index (χ3v) is 6.16. The summed E-state index contributed by atoms with van der Waals surface area (Å²) in [7, 11) is 0. The van der Waals surface area contributed by atoms with Gasteiger partial charge in [-0.1, -0.05) is 30.3 Å². The van der Waals surface area contributed by atoms with Crippen molar-refractivity contribution in [2.75, 3.05) is 30.1 Å². The summed E-state index contributed by atoms with van der Waals surface area (Å²) in [5.74, 6) is 1.47. The number of fused-ring (bicyclic) bond motifs is 3. The van der Waals surface area contributed by atoms with Crippen molar-refractivity contribution in [1.82, 2.24) is 0 Å². The topological polar surface area (TPSA) is 89.2 Å². The molecule has 3 aromatic rings. The smallest absolute Gasteiger partial charge is 0.293 e. The third-order valence-electron chi connectivity index (χ3n) is 6.16. The molecule has 1 N–H and O–H groups in total. The predicted octanol–water partition coefficient (Wildman–Crippen LogP) is 5.40. The fourth-order valence-electron chi connectivity index (χ4n) is 4.78. The predicted molar refractivity (Wildman–Crippen MR) is 132 cm³/mol. The zero-order valence-corrected chi connectivity index (χ0v) is 19.1. The summed E-state index contributed by atoms with van der Waals surface area (Å²) in [6, 6.07) is 20.9. The second kappa shape index (κ2) is 9.05. The summed E-state index contributed by atoms with van der Waals surface area (Å²) in [6.45, 7) is 5.52. The standard InChI is InChI=1S/C26H26N4O4/c1-3-33-18-13-14-19(23(15-18)34-4-2)26-21-16-27-25-20(11-8-12-22(25)30(31)32)24(21)28-29(26)17-9-6-5-7-10-17/h5-15,21,26-27H,3-4,16H2,1-2H3. The summed E-state index contributed by atoms with van der Waals surface area (Å²) in [5, 5.41) is 22.0. The van der Waals surface area contributed by atoms with Crippen LogP contribution in [0, 0.1) is 16.0 Å². The van der Waals surface area contributed by atoms with Crippen LogP contribution in [0.2, 0.25) is 0 Å². The number of hydrogen-bond acceptors (Lipinski definition) is 7. The molecule has 2 aliphatic rings. The van der Waals surface area contributed by atoms with Gasteiger partial charge in [0.15, 0.2) is 0 Å². The van der Waals surface area contributed by atoms with E-state index >= 15 is 0 Å². The Morgan fingerprint density at radius 3 is 2.59 bits per heavy atom. The minimum atomic E-state index is -0.353. The molecule has 5 rings (SSSR count). The van der Waals surface area contributed by atoms with Crippen LogP contribution in [0.15, 0.2) is 71.8 Å². The van der Waals surface area contributed by atoms with Crippen LogP contribution in [0.25, 0.3) is 0 Å². The molecule has 0 aromatic heterocycles. The Morgan fingerprint density at radius 1 is 1.06 bits per heavy atom. The second-order valence-electron chi connectivity index (χ2n) is 8.12. The molecule has 0 aliphatic carbocycles. The van der Waals surface area contributed by atoms with Gasteiger partial charge in [-0.3, -0.25) is 15.1 Å². The van der Waals surface area contributed by atoms with Gasteiger partial charge in [-0.2, -0.15) is 5.10 Å². The molecule has 0 spiro atoms. The molecule has 8 heteroatoms. The van der Waals surface area contributed by atoms with E-state index in [4.69, 9.17) is 14.6 Å². The van der Waals surface area contributed by atoms with Gasteiger partial charge in [0, 0.05) is 35.7 Å². The Balaban J connectivity index is 1.65. The Kier molecular flexibility index (Phi) is 5.79. The van der Waals surface area contributed by atoms with E-state index in [2.05, 4.69) is 5.32 Å². The fourth-order valence-corrected chi connectivity index (χ4v) is 4.78. The summed E-state index contributed by atoms with van der Waals surface area (Å²) in [6.07, 6.45) is 0. The number of ether oxygens (including phenoxy) is 2. The van der Waals surface area contributed by atoms with E-state index in [1.165, 1.54) is 6.07 Å². The molecule has 3 aromatic carbocycles. The van der Waals surface area contributed by atoms with Crippen LogP contribution < -0.4 is 19.8 Å². The number of hydrazone groups is 1. The van der Waals surface area contributed by atoms with E-state index in [0.29, 0.717) is 25.4 Å². The fraction of sp³-hybridized carbons (Fsp3) is 0.269. The zero-order valence-electron chi connectivity index (χ0n) is 19.1. The van der Waals surface area contributed by atoms with Crippen molar-refractivity contribution in [1.29, 1.82) is 0 Å². The van der Waals surface area contributed by atoms with E-state index in [-0.39, 0.29) is 22.6 Å². The number of hydrogen-bond donors (Lipinski definition) is 1. The van der Waals surface area contributed by atoms with Crippen molar-refractivity contribution in [3.63, 3.8) is 0 Å². The van der Waals surface area contributed by atoms with Crippen molar-refractivity contribution < 1.29 is 14.4 Å². The first-order chi connectivity index (χ1) is 16.6. The SMILES string of the molecule is CCOc1ccc(C2C3CNc4c(cccc4[N+](=O)[O-])C3=NN2c2ccccc2)c(OCC)c1. The van der Waals surface area contributed by atoms with Gasteiger partial charge in [-0.15, -0.1) is 0 Å². The Hall–Kier alpha value is -4.07. The quantitative estimate of drug-likeness (QED) is 0.377. The molecular weight excluding hydrogens is 432 g/mol. The van der Waals surface area contributed by atoms with Crippen LogP contribution in [0.3, 0.4) is 0 Å². The molecule has 34 heavy (non-hydrogen) atoms. The van der Waals surface area contributed by atoms with E-state index in [1.807, 2.05) is 73.5 Å². The van der Waals surface area contributed by atoms with Gasteiger partial charge in [0.2, 0.25) is 0 Å². The molecule has 0 radical (unpaired) electrons. The molecule has 0 saturated heterocycles. The average Bonchev–Trinajstić information content (AvgIpc) is 3.25. The Morgan fingerprint density at radius 2 is 1.85 bits per heavy atom. The van der Waals surface area contributed by atoms with Gasteiger partial charge < -0.3 is 14.8 Å². The molecule has 0 amide bonds. The largest absolute Gasteiger partial charge is 0.494 e. The van der Waals surface area contributed by atoms with Gasteiger partial charge in [-0.05, 0) is 38.1 Å². The van der Waals surface area contributed by atoms with Crippen LogP contribution in [0.4, 0.5) is 17.1 Å². The lowest BCUT2D eigenvalue weighted by Crippen LogP contribution is -2.34. The highest BCUT2D eigenvalue weighted by Crippen LogP contribution is 2.48. The molecular formula is C26H26N4O4. The minimum Gasteiger partial charge on any atom is -0.494 e. The van der Waals surface area contributed by atoms with Crippen LogP contribution in [0.5, 0.6) is 11.5 Å². The number of rotatable bonds is 7. The summed E-state index contributed by atoms with van der Waals surface area (Å²) in [5.41, 5.74) is 4.11. The van der Waals surface area contributed by atoms with Crippen LogP contribution >= 0.6 is 0 Å². The van der Waals surface area contributed by atoms with Crippen molar-refractivity contribution in [3.05, 3.63) is 88.0 Å². The molecule has 2 aliphatic heterocycles. The highest BCUT2D eigenvalue weighted by molar-refractivity contribution is 6.12. The third kappa shape index (κ3) is 3.71. The number of nitrogens with one attached hydrogen (secondary N) is 1.